The quantitative estimate of drug-likeness (QED) is 0.826. The van der Waals surface area contributed by atoms with Crippen LogP contribution in [0.5, 0.6) is 0 Å². The molecular weight excluding hydrogens is 262 g/mol. The Labute approximate surface area is 118 Å². The Bertz CT molecular complexity index is 535. The van der Waals surface area contributed by atoms with Gasteiger partial charge >= 0.3 is 0 Å². The molecule has 104 valence electrons. The summed E-state index contributed by atoms with van der Waals surface area (Å²) in [6, 6.07) is 0. The van der Waals surface area contributed by atoms with Crippen molar-refractivity contribution in [2.75, 3.05) is 18.0 Å². The minimum atomic E-state index is 0.259. The number of aromatic nitrogens is 4. The van der Waals surface area contributed by atoms with Crippen molar-refractivity contribution in [2.45, 2.75) is 33.6 Å². The first-order chi connectivity index (χ1) is 9.19. The van der Waals surface area contributed by atoms with Crippen LogP contribution in [0.3, 0.4) is 0 Å². The van der Waals surface area contributed by atoms with E-state index >= 15 is 0 Å². The highest BCUT2D eigenvalue weighted by molar-refractivity contribution is 6.28. The predicted molar refractivity (Wildman–Crippen MR) is 78.7 cm³/mol. The summed E-state index contributed by atoms with van der Waals surface area (Å²) in [5, 5.41) is 8.06. The molecule has 2 aromatic rings. The van der Waals surface area contributed by atoms with E-state index in [1.54, 1.807) is 6.20 Å². The van der Waals surface area contributed by atoms with Crippen LogP contribution < -0.4 is 4.90 Å². The maximum absolute atomic E-state index is 5.99. The van der Waals surface area contributed by atoms with Crippen molar-refractivity contribution < 1.29 is 0 Å². The Hall–Kier alpha value is -1.36. The number of hydrogen-bond acceptors (Lipinski definition) is 4. The second-order valence-corrected chi connectivity index (χ2v) is 5.01. The van der Waals surface area contributed by atoms with Gasteiger partial charge in [0.05, 0.1) is 11.6 Å². The van der Waals surface area contributed by atoms with Crippen molar-refractivity contribution in [3.8, 4) is 0 Å². The van der Waals surface area contributed by atoms with Crippen LogP contribution in [0.25, 0.3) is 11.0 Å². The standard InChI is InChI=1S/C13H20ClN5/c1-4-9(5-2)8-19(6-3)12-10-7-15-18-11(10)16-13(14)17-12/h7,9H,4-6,8H2,1-3H3,(H,15,16,17,18). The summed E-state index contributed by atoms with van der Waals surface area (Å²) in [5.41, 5.74) is 0.693. The SMILES string of the molecule is CCC(CC)CN(CC)c1nc(Cl)nc2[nH]ncc12. The molecule has 0 bridgehead atoms. The van der Waals surface area contributed by atoms with Crippen LogP contribution in [-0.2, 0) is 0 Å². The molecule has 0 atom stereocenters. The summed E-state index contributed by atoms with van der Waals surface area (Å²) in [4.78, 5) is 10.8. The van der Waals surface area contributed by atoms with Gasteiger partial charge < -0.3 is 4.90 Å². The number of anilines is 1. The fourth-order valence-corrected chi connectivity index (χ4v) is 2.42. The van der Waals surface area contributed by atoms with E-state index in [1.165, 1.54) is 12.8 Å². The Morgan fingerprint density at radius 2 is 2.00 bits per heavy atom. The average molecular weight is 282 g/mol. The number of nitrogens with zero attached hydrogens (tertiary/aromatic N) is 4. The molecule has 2 rings (SSSR count). The van der Waals surface area contributed by atoms with Gasteiger partial charge in [0.2, 0.25) is 5.28 Å². The lowest BCUT2D eigenvalue weighted by atomic mass is 10.0. The number of fused-ring (bicyclic) bond motifs is 1. The Morgan fingerprint density at radius 1 is 1.26 bits per heavy atom. The third-order valence-corrected chi connectivity index (χ3v) is 3.75. The molecule has 19 heavy (non-hydrogen) atoms. The molecule has 6 heteroatoms. The molecule has 1 N–H and O–H groups in total. The van der Waals surface area contributed by atoms with Crippen molar-refractivity contribution >= 4 is 28.5 Å². The van der Waals surface area contributed by atoms with E-state index < -0.39 is 0 Å². The second kappa shape index (κ2) is 6.19. The molecule has 0 fully saturated rings. The van der Waals surface area contributed by atoms with Gasteiger partial charge in [0.1, 0.15) is 5.82 Å². The van der Waals surface area contributed by atoms with Gasteiger partial charge in [-0.1, -0.05) is 26.7 Å². The van der Waals surface area contributed by atoms with Crippen molar-refractivity contribution in [3.63, 3.8) is 0 Å². The van der Waals surface area contributed by atoms with Crippen LogP contribution in [0.2, 0.25) is 5.28 Å². The van der Waals surface area contributed by atoms with Gasteiger partial charge in [-0.05, 0) is 24.4 Å². The molecule has 0 aliphatic carbocycles. The van der Waals surface area contributed by atoms with E-state index in [1.807, 2.05) is 0 Å². The zero-order valence-corrected chi connectivity index (χ0v) is 12.4. The van der Waals surface area contributed by atoms with Gasteiger partial charge in [0.25, 0.3) is 0 Å². The number of hydrogen-bond donors (Lipinski definition) is 1. The van der Waals surface area contributed by atoms with E-state index in [4.69, 9.17) is 11.6 Å². The Balaban J connectivity index is 2.36. The first-order valence-electron chi connectivity index (χ1n) is 6.81. The van der Waals surface area contributed by atoms with Crippen LogP contribution in [0.4, 0.5) is 5.82 Å². The topological polar surface area (TPSA) is 57.7 Å². The lowest BCUT2D eigenvalue weighted by Gasteiger charge is -2.26. The van der Waals surface area contributed by atoms with Gasteiger partial charge in [-0.2, -0.15) is 15.1 Å². The Kier molecular flexibility index (Phi) is 4.58. The summed E-state index contributed by atoms with van der Waals surface area (Å²) in [7, 11) is 0. The first-order valence-corrected chi connectivity index (χ1v) is 7.18. The summed E-state index contributed by atoms with van der Waals surface area (Å²) in [6.45, 7) is 8.45. The number of halogens is 1. The predicted octanol–water partition coefficient (Wildman–Crippen LogP) is 3.27. The smallest absolute Gasteiger partial charge is 0.226 e. The second-order valence-electron chi connectivity index (χ2n) is 4.67. The Morgan fingerprint density at radius 3 is 2.63 bits per heavy atom. The van der Waals surface area contributed by atoms with Crippen molar-refractivity contribution in [2.24, 2.45) is 5.92 Å². The van der Waals surface area contributed by atoms with E-state index in [0.29, 0.717) is 11.6 Å². The normalized spacial score (nSPS) is 11.4. The molecule has 0 spiro atoms. The van der Waals surface area contributed by atoms with Gasteiger partial charge in [-0.25, -0.2) is 0 Å². The highest BCUT2D eigenvalue weighted by atomic mass is 35.5. The fraction of sp³-hybridized carbons (Fsp3) is 0.615. The van der Waals surface area contributed by atoms with Crippen molar-refractivity contribution in [3.05, 3.63) is 11.5 Å². The van der Waals surface area contributed by atoms with Gasteiger partial charge in [-0.3, -0.25) is 5.10 Å². The fourth-order valence-electron chi connectivity index (χ4n) is 2.26. The minimum Gasteiger partial charge on any atom is -0.356 e. The minimum absolute atomic E-state index is 0.259. The van der Waals surface area contributed by atoms with Crippen molar-refractivity contribution in [1.82, 2.24) is 20.2 Å². The molecular formula is C13H20ClN5. The van der Waals surface area contributed by atoms with Crippen LogP contribution in [0, 0.1) is 5.92 Å². The molecule has 0 aliphatic heterocycles. The number of aromatic amines is 1. The lowest BCUT2D eigenvalue weighted by Crippen LogP contribution is -2.30. The molecule has 0 saturated carbocycles. The summed E-state index contributed by atoms with van der Waals surface area (Å²) in [6.07, 6.45) is 4.09. The zero-order valence-electron chi connectivity index (χ0n) is 11.6. The molecule has 0 radical (unpaired) electrons. The highest BCUT2D eigenvalue weighted by Crippen LogP contribution is 2.25. The van der Waals surface area contributed by atoms with Crippen molar-refractivity contribution in [1.29, 1.82) is 0 Å². The van der Waals surface area contributed by atoms with E-state index in [2.05, 4.69) is 45.8 Å². The van der Waals surface area contributed by atoms with Crippen LogP contribution in [-0.4, -0.2) is 33.3 Å². The van der Waals surface area contributed by atoms with Crippen LogP contribution >= 0.6 is 11.6 Å². The number of H-pyrrole nitrogens is 1. The molecule has 0 saturated heterocycles. The van der Waals surface area contributed by atoms with Gasteiger partial charge in [0, 0.05) is 13.1 Å². The van der Waals surface area contributed by atoms with Crippen LogP contribution in [0.1, 0.15) is 33.6 Å². The number of rotatable bonds is 6. The van der Waals surface area contributed by atoms with Gasteiger partial charge in [0.15, 0.2) is 5.65 Å². The molecule has 2 aromatic heterocycles. The van der Waals surface area contributed by atoms with E-state index in [0.717, 1.165) is 24.3 Å². The molecule has 5 nitrogen and oxygen atoms in total. The maximum Gasteiger partial charge on any atom is 0.226 e. The van der Waals surface area contributed by atoms with Crippen LogP contribution in [0.15, 0.2) is 6.20 Å². The molecule has 0 amide bonds. The monoisotopic (exact) mass is 281 g/mol. The van der Waals surface area contributed by atoms with E-state index in [-0.39, 0.29) is 5.28 Å². The third-order valence-electron chi connectivity index (χ3n) is 3.58. The number of nitrogens with one attached hydrogen (secondary N) is 1. The molecule has 2 heterocycles. The molecule has 0 unspecified atom stereocenters. The van der Waals surface area contributed by atoms with E-state index in [9.17, 15) is 0 Å². The third kappa shape index (κ3) is 2.97. The zero-order chi connectivity index (χ0) is 13.8. The largest absolute Gasteiger partial charge is 0.356 e. The highest BCUT2D eigenvalue weighted by Gasteiger charge is 2.17. The lowest BCUT2D eigenvalue weighted by molar-refractivity contribution is 0.485. The summed E-state index contributed by atoms with van der Waals surface area (Å²) < 4.78 is 0. The maximum atomic E-state index is 5.99. The molecule has 0 aromatic carbocycles. The molecule has 0 aliphatic rings. The van der Waals surface area contributed by atoms with Gasteiger partial charge in [-0.15, -0.1) is 0 Å². The first kappa shape index (κ1) is 14.1. The summed E-state index contributed by atoms with van der Waals surface area (Å²) in [5.74, 6) is 1.54. The average Bonchev–Trinajstić information content (AvgIpc) is 2.87. The summed E-state index contributed by atoms with van der Waals surface area (Å²) >= 11 is 5.99.